The van der Waals surface area contributed by atoms with Gasteiger partial charge in [0.2, 0.25) is 11.9 Å². The average molecular weight is 471 g/mol. The van der Waals surface area contributed by atoms with Crippen LogP contribution in [0.15, 0.2) is 79.0 Å². The highest BCUT2D eigenvalue weighted by Gasteiger charge is 2.20. The Kier molecular flexibility index (Phi) is 7.06. The molecule has 178 valence electrons. The van der Waals surface area contributed by atoms with Gasteiger partial charge in [0.15, 0.2) is 0 Å². The highest BCUT2D eigenvalue weighted by molar-refractivity contribution is 5.99. The minimum atomic E-state index is -0.422. The van der Waals surface area contributed by atoms with Gasteiger partial charge in [0.1, 0.15) is 12.4 Å². The molecular formula is C28H27FN4O2. The van der Waals surface area contributed by atoms with Crippen LogP contribution in [0.3, 0.4) is 0 Å². The van der Waals surface area contributed by atoms with E-state index in [1.54, 1.807) is 6.92 Å². The molecule has 4 aromatic rings. The van der Waals surface area contributed by atoms with E-state index in [-0.39, 0.29) is 18.4 Å². The zero-order valence-corrected chi connectivity index (χ0v) is 20.0. The smallest absolute Gasteiger partial charge is 0.254 e. The lowest BCUT2D eigenvalue weighted by molar-refractivity contribution is -0.116. The molecule has 0 aliphatic carbocycles. The first-order valence-electron chi connectivity index (χ1n) is 11.4. The Bertz CT molecular complexity index is 1350. The van der Waals surface area contributed by atoms with E-state index >= 15 is 0 Å². The number of amides is 2. The summed E-state index contributed by atoms with van der Waals surface area (Å²) in [5.41, 5.74) is 5.12. The second-order valence-electron chi connectivity index (χ2n) is 8.33. The summed E-state index contributed by atoms with van der Waals surface area (Å²) in [5.74, 6) is -0.778. The zero-order chi connectivity index (χ0) is 24.9. The van der Waals surface area contributed by atoms with Crippen LogP contribution < -0.4 is 5.32 Å². The zero-order valence-electron chi connectivity index (χ0n) is 20.0. The Hall–Kier alpha value is -4.26. The summed E-state index contributed by atoms with van der Waals surface area (Å²) in [7, 11) is 0. The van der Waals surface area contributed by atoms with Crippen molar-refractivity contribution in [2.75, 3.05) is 18.4 Å². The van der Waals surface area contributed by atoms with Crippen LogP contribution in [0.1, 0.15) is 28.4 Å². The minimum absolute atomic E-state index is 0.160. The van der Waals surface area contributed by atoms with Crippen molar-refractivity contribution in [3.05, 3.63) is 102 Å². The van der Waals surface area contributed by atoms with Crippen LogP contribution >= 0.6 is 0 Å². The number of anilines is 1. The predicted octanol–water partition coefficient (Wildman–Crippen LogP) is 5.40. The third-order valence-corrected chi connectivity index (χ3v) is 5.89. The van der Waals surface area contributed by atoms with Crippen molar-refractivity contribution in [3.8, 4) is 16.9 Å². The maximum Gasteiger partial charge on any atom is 0.254 e. The van der Waals surface area contributed by atoms with Crippen molar-refractivity contribution in [1.82, 2.24) is 14.5 Å². The number of nitrogens with zero attached hydrogens (tertiary/aromatic N) is 3. The quantitative estimate of drug-likeness (QED) is 0.394. The Morgan fingerprint density at radius 2 is 1.69 bits per heavy atom. The number of hydrogen-bond donors (Lipinski definition) is 1. The number of rotatable bonds is 7. The summed E-state index contributed by atoms with van der Waals surface area (Å²) < 4.78 is 15.1. The number of carbonyl (C=O) groups excluding carboxylic acids is 2. The minimum Gasteiger partial charge on any atom is -0.330 e. The molecule has 6 nitrogen and oxygen atoms in total. The fourth-order valence-corrected chi connectivity index (χ4v) is 3.73. The lowest BCUT2D eigenvalue weighted by Gasteiger charge is -2.20. The monoisotopic (exact) mass is 470 g/mol. The second kappa shape index (κ2) is 10.3. The number of imidazole rings is 1. The van der Waals surface area contributed by atoms with Gasteiger partial charge in [-0.05, 0) is 68.3 Å². The Balaban J connectivity index is 1.60. The van der Waals surface area contributed by atoms with Crippen molar-refractivity contribution in [2.24, 2.45) is 0 Å². The standard InChI is InChI=1S/C28H27FN4O2/c1-4-32(27(35)22-11-13-23(29)14-12-22)18-26(34)31-28-30-25(21-8-6-5-7-9-21)17-33(28)24-15-10-19(2)20(3)16-24/h5-17H,4,18H2,1-3H3,(H,30,31,34). The largest absolute Gasteiger partial charge is 0.330 e. The molecular weight excluding hydrogens is 443 g/mol. The fourth-order valence-electron chi connectivity index (χ4n) is 3.73. The van der Waals surface area contributed by atoms with Gasteiger partial charge in [-0.25, -0.2) is 9.37 Å². The third-order valence-electron chi connectivity index (χ3n) is 5.89. The summed E-state index contributed by atoms with van der Waals surface area (Å²) in [4.78, 5) is 31.9. The van der Waals surface area contributed by atoms with E-state index in [0.29, 0.717) is 23.8 Å². The van der Waals surface area contributed by atoms with Crippen molar-refractivity contribution < 1.29 is 14.0 Å². The maximum atomic E-state index is 13.2. The molecule has 0 spiro atoms. The van der Waals surface area contributed by atoms with Gasteiger partial charge in [-0.1, -0.05) is 36.4 Å². The first-order valence-corrected chi connectivity index (χ1v) is 11.4. The maximum absolute atomic E-state index is 13.2. The van der Waals surface area contributed by atoms with E-state index in [4.69, 9.17) is 0 Å². The van der Waals surface area contributed by atoms with Gasteiger partial charge in [-0.3, -0.25) is 19.5 Å². The number of carbonyl (C=O) groups is 2. The van der Waals surface area contributed by atoms with Crippen LogP contribution in [0.5, 0.6) is 0 Å². The number of benzene rings is 3. The summed E-state index contributed by atoms with van der Waals surface area (Å²) >= 11 is 0. The van der Waals surface area contributed by atoms with Crippen LogP contribution in [0.25, 0.3) is 16.9 Å². The molecule has 0 bridgehead atoms. The molecule has 2 amide bonds. The highest BCUT2D eigenvalue weighted by Crippen LogP contribution is 2.25. The molecule has 0 aliphatic heterocycles. The molecule has 3 aromatic carbocycles. The van der Waals surface area contributed by atoms with E-state index in [2.05, 4.69) is 10.3 Å². The average Bonchev–Trinajstić information content (AvgIpc) is 3.28. The fraction of sp³-hybridized carbons (Fsp3) is 0.179. The lowest BCUT2D eigenvalue weighted by Crippen LogP contribution is -2.38. The van der Waals surface area contributed by atoms with Gasteiger partial charge in [0, 0.05) is 29.6 Å². The first kappa shape index (κ1) is 23.9. The van der Waals surface area contributed by atoms with Gasteiger partial charge in [0.25, 0.3) is 5.91 Å². The molecule has 1 heterocycles. The summed E-state index contributed by atoms with van der Waals surface area (Å²) in [6, 6.07) is 21.0. The molecule has 0 radical (unpaired) electrons. The van der Waals surface area contributed by atoms with Crippen molar-refractivity contribution in [3.63, 3.8) is 0 Å². The van der Waals surface area contributed by atoms with Crippen LogP contribution in [-0.4, -0.2) is 39.4 Å². The Morgan fingerprint density at radius 3 is 2.34 bits per heavy atom. The molecule has 0 saturated heterocycles. The van der Waals surface area contributed by atoms with Crippen molar-refractivity contribution in [2.45, 2.75) is 20.8 Å². The number of aromatic nitrogens is 2. The molecule has 7 heteroatoms. The van der Waals surface area contributed by atoms with E-state index in [1.165, 1.54) is 34.7 Å². The predicted molar refractivity (Wildman–Crippen MR) is 135 cm³/mol. The number of hydrogen-bond acceptors (Lipinski definition) is 3. The van der Waals surface area contributed by atoms with E-state index < -0.39 is 5.82 Å². The lowest BCUT2D eigenvalue weighted by atomic mass is 10.1. The summed E-state index contributed by atoms with van der Waals surface area (Å²) in [6.45, 7) is 6.03. The van der Waals surface area contributed by atoms with Gasteiger partial charge >= 0.3 is 0 Å². The van der Waals surface area contributed by atoms with Gasteiger partial charge < -0.3 is 4.90 Å². The van der Waals surface area contributed by atoms with Crippen LogP contribution in [0.2, 0.25) is 0 Å². The van der Waals surface area contributed by atoms with Crippen LogP contribution in [0.4, 0.5) is 10.3 Å². The van der Waals surface area contributed by atoms with Gasteiger partial charge in [-0.15, -0.1) is 0 Å². The molecule has 1 aromatic heterocycles. The van der Waals surface area contributed by atoms with Crippen LogP contribution in [-0.2, 0) is 4.79 Å². The Labute approximate surface area is 204 Å². The van der Waals surface area contributed by atoms with Gasteiger partial charge in [0.05, 0.1) is 5.69 Å². The van der Waals surface area contributed by atoms with Crippen molar-refractivity contribution >= 4 is 17.8 Å². The number of likely N-dealkylation sites (N-methyl/N-ethyl adjacent to an activating group) is 1. The molecule has 0 fully saturated rings. The van der Waals surface area contributed by atoms with Crippen molar-refractivity contribution in [1.29, 1.82) is 0 Å². The normalized spacial score (nSPS) is 10.7. The Morgan fingerprint density at radius 1 is 0.971 bits per heavy atom. The number of halogens is 1. The second-order valence-corrected chi connectivity index (χ2v) is 8.33. The SMILES string of the molecule is CCN(CC(=O)Nc1nc(-c2ccccc2)cn1-c1ccc(C)c(C)c1)C(=O)c1ccc(F)cc1. The molecule has 0 atom stereocenters. The number of nitrogens with one attached hydrogen (secondary N) is 1. The van der Waals surface area contributed by atoms with E-state index in [9.17, 15) is 14.0 Å². The van der Waals surface area contributed by atoms with Gasteiger partial charge in [-0.2, -0.15) is 0 Å². The molecule has 0 saturated carbocycles. The van der Waals surface area contributed by atoms with E-state index in [1.807, 2.05) is 73.1 Å². The molecule has 35 heavy (non-hydrogen) atoms. The topological polar surface area (TPSA) is 67.2 Å². The molecule has 4 rings (SSSR count). The van der Waals surface area contributed by atoms with E-state index in [0.717, 1.165) is 16.8 Å². The van der Waals surface area contributed by atoms with Crippen LogP contribution in [0, 0.1) is 19.7 Å². The summed E-state index contributed by atoms with van der Waals surface area (Å²) in [5, 5.41) is 2.87. The molecule has 1 N–H and O–H groups in total. The third kappa shape index (κ3) is 5.46. The first-order chi connectivity index (χ1) is 16.9. The molecule has 0 unspecified atom stereocenters. The number of aryl methyl sites for hydroxylation is 2. The molecule has 0 aliphatic rings. The highest BCUT2D eigenvalue weighted by atomic mass is 19.1. The summed E-state index contributed by atoms with van der Waals surface area (Å²) in [6.07, 6.45) is 1.89.